The number of benzene rings is 1. The molecule has 0 fully saturated rings. The Morgan fingerprint density at radius 2 is 1.62 bits per heavy atom. The Hall–Kier alpha value is -1.80. The number of carbonyl (C=O) groups is 1. The molecule has 24 heavy (non-hydrogen) atoms. The molecule has 2 N–H and O–H groups in total. The number of carbonyl (C=O) groups excluding carboxylic acids is 1. The number of aliphatic imine (C=N–C) groups is 1. The molecule has 0 unspecified atom stereocenters. The summed E-state index contributed by atoms with van der Waals surface area (Å²) in [5.41, 5.74) is 6.61. The van der Waals surface area contributed by atoms with E-state index in [9.17, 15) is 4.79 Å². The van der Waals surface area contributed by atoms with Crippen LogP contribution in [0.1, 0.15) is 12.0 Å². The molecule has 1 aromatic carbocycles. The van der Waals surface area contributed by atoms with Crippen LogP contribution in [0.3, 0.4) is 0 Å². The fourth-order valence-electron chi connectivity index (χ4n) is 1.76. The second kappa shape index (κ2) is 13.6. The molecule has 7 heteroatoms. The molecule has 0 spiro atoms. The van der Waals surface area contributed by atoms with Gasteiger partial charge in [-0.25, -0.2) is 4.99 Å². The fraction of sp³-hybridized carbons (Fsp3) is 0.529. The van der Waals surface area contributed by atoms with Crippen LogP contribution >= 0.6 is 0 Å². The lowest BCUT2D eigenvalue weighted by molar-refractivity contribution is -0.118. The Bertz CT molecular complexity index is 482. The van der Waals surface area contributed by atoms with Gasteiger partial charge in [0.15, 0.2) is 0 Å². The van der Waals surface area contributed by atoms with Crippen molar-refractivity contribution in [3.63, 3.8) is 0 Å². The van der Waals surface area contributed by atoms with Crippen molar-refractivity contribution in [2.24, 2.45) is 10.7 Å². The maximum Gasteiger partial charge on any atom is 0.247 e. The van der Waals surface area contributed by atoms with Crippen molar-refractivity contribution in [2.45, 2.75) is 13.0 Å². The van der Waals surface area contributed by atoms with Crippen LogP contribution in [0.15, 0.2) is 29.3 Å². The van der Waals surface area contributed by atoms with E-state index in [1.807, 2.05) is 24.3 Å². The SMILES string of the molecule is C=NC(=O)CCOCCOCCOCCOc1cccc(CN)c1. The molecule has 0 aliphatic rings. The third-order valence-electron chi connectivity index (χ3n) is 3.01. The third-order valence-corrected chi connectivity index (χ3v) is 3.01. The maximum absolute atomic E-state index is 10.8. The van der Waals surface area contributed by atoms with E-state index in [0.717, 1.165) is 11.3 Å². The van der Waals surface area contributed by atoms with Crippen molar-refractivity contribution >= 4 is 12.6 Å². The fourth-order valence-corrected chi connectivity index (χ4v) is 1.76. The van der Waals surface area contributed by atoms with Crippen molar-refractivity contribution < 1.29 is 23.7 Å². The van der Waals surface area contributed by atoms with Gasteiger partial charge in [-0.15, -0.1) is 0 Å². The lowest BCUT2D eigenvalue weighted by Crippen LogP contribution is -2.13. The first-order chi connectivity index (χ1) is 11.8. The highest BCUT2D eigenvalue weighted by atomic mass is 16.6. The summed E-state index contributed by atoms with van der Waals surface area (Å²) in [7, 11) is 0. The minimum absolute atomic E-state index is 0.251. The first-order valence-electron chi connectivity index (χ1n) is 7.91. The Balaban J connectivity index is 1.87. The number of nitrogens with two attached hydrogens (primary N) is 1. The largest absolute Gasteiger partial charge is 0.491 e. The van der Waals surface area contributed by atoms with Crippen LogP contribution in [0.2, 0.25) is 0 Å². The van der Waals surface area contributed by atoms with Gasteiger partial charge in [0.25, 0.3) is 0 Å². The summed E-state index contributed by atoms with van der Waals surface area (Å²) in [5, 5.41) is 0. The lowest BCUT2D eigenvalue weighted by Gasteiger charge is -2.09. The minimum Gasteiger partial charge on any atom is -0.491 e. The summed E-state index contributed by atoms with van der Waals surface area (Å²) < 4.78 is 21.5. The molecule has 0 saturated heterocycles. The van der Waals surface area contributed by atoms with Crippen LogP contribution in [0.4, 0.5) is 0 Å². The number of ether oxygens (including phenoxy) is 4. The van der Waals surface area contributed by atoms with Crippen LogP contribution in [0, 0.1) is 0 Å². The summed E-state index contributed by atoms with van der Waals surface area (Å²) in [5.74, 6) is 0.529. The van der Waals surface area contributed by atoms with E-state index in [0.29, 0.717) is 52.8 Å². The molecule has 0 heterocycles. The maximum atomic E-state index is 10.8. The minimum atomic E-state index is -0.263. The molecule has 1 amide bonds. The van der Waals surface area contributed by atoms with Crippen molar-refractivity contribution in [3.05, 3.63) is 29.8 Å². The van der Waals surface area contributed by atoms with E-state index in [-0.39, 0.29) is 12.3 Å². The Labute approximate surface area is 142 Å². The van der Waals surface area contributed by atoms with E-state index in [4.69, 9.17) is 24.7 Å². The second-order valence-corrected chi connectivity index (χ2v) is 4.84. The monoisotopic (exact) mass is 338 g/mol. The molecule has 0 aromatic heterocycles. The molecule has 134 valence electrons. The van der Waals surface area contributed by atoms with Crippen LogP contribution in [-0.2, 0) is 25.5 Å². The molecular formula is C17H26N2O5. The average Bonchev–Trinajstić information content (AvgIpc) is 2.62. The van der Waals surface area contributed by atoms with Gasteiger partial charge in [-0.2, -0.15) is 0 Å². The Morgan fingerprint density at radius 3 is 2.25 bits per heavy atom. The molecule has 0 aliphatic carbocycles. The average molecular weight is 338 g/mol. The Morgan fingerprint density at radius 1 is 1.00 bits per heavy atom. The van der Waals surface area contributed by atoms with Gasteiger partial charge in [0.1, 0.15) is 12.4 Å². The van der Waals surface area contributed by atoms with Gasteiger partial charge in [-0.3, -0.25) is 4.79 Å². The molecule has 0 atom stereocenters. The lowest BCUT2D eigenvalue weighted by atomic mass is 10.2. The number of rotatable bonds is 14. The quantitative estimate of drug-likeness (QED) is 0.405. The molecule has 0 radical (unpaired) electrons. The van der Waals surface area contributed by atoms with Gasteiger partial charge < -0.3 is 24.7 Å². The van der Waals surface area contributed by atoms with E-state index >= 15 is 0 Å². The van der Waals surface area contributed by atoms with Crippen LogP contribution in [0.5, 0.6) is 5.75 Å². The molecule has 0 aliphatic heterocycles. The highest BCUT2D eigenvalue weighted by molar-refractivity contribution is 5.80. The summed E-state index contributed by atoms with van der Waals surface area (Å²) >= 11 is 0. The van der Waals surface area contributed by atoms with Crippen LogP contribution < -0.4 is 10.5 Å². The van der Waals surface area contributed by atoms with Gasteiger partial charge in [-0.05, 0) is 24.4 Å². The van der Waals surface area contributed by atoms with E-state index in [2.05, 4.69) is 11.7 Å². The van der Waals surface area contributed by atoms with E-state index in [1.165, 1.54) is 0 Å². The molecule has 1 rings (SSSR count). The number of hydrogen-bond donors (Lipinski definition) is 1. The number of nitrogens with zero attached hydrogens (tertiary/aromatic N) is 1. The summed E-state index contributed by atoms with van der Waals surface area (Å²) in [6.07, 6.45) is 0.251. The first kappa shape index (κ1) is 20.2. The zero-order valence-electron chi connectivity index (χ0n) is 13.9. The van der Waals surface area contributed by atoms with Crippen molar-refractivity contribution in [1.82, 2.24) is 0 Å². The van der Waals surface area contributed by atoms with Gasteiger partial charge in [-0.1, -0.05) is 12.1 Å². The van der Waals surface area contributed by atoms with Crippen molar-refractivity contribution in [1.29, 1.82) is 0 Å². The number of amides is 1. The summed E-state index contributed by atoms with van der Waals surface area (Å²) in [6, 6.07) is 7.68. The van der Waals surface area contributed by atoms with E-state index < -0.39 is 0 Å². The van der Waals surface area contributed by atoms with Crippen LogP contribution in [0.25, 0.3) is 0 Å². The zero-order valence-corrected chi connectivity index (χ0v) is 13.9. The smallest absolute Gasteiger partial charge is 0.247 e. The highest BCUT2D eigenvalue weighted by Crippen LogP contribution is 2.12. The second-order valence-electron chi connectivity index (χ2n) is 4.84. The number of hydrogen-bond acceptors (Lipinski definition) is 6. The topological polar surface area (TPSA) is 92.4 Å². The molecule has 0 saturated carbocycles. The third kappa shape index (κ3) is 10.1. The van der Waals surface area contributed by atoms with Gasteiger partial charge in [0.2, 0.25) is 5.91 Å². The zero-order chi connectivity index (χ0) is 17.5. The molecule has 7 nitrogen and oxygen atoms in total. The first-order valence-corrected chi connectivity index (χ1v) is 7.91. The van der Waals surface area contributed by atoms with Crippen molar-refractivity contribution in [3.8, 4) is 5.75 Å². The normalized spacial score (nSPS) is 10.5. The Kier molecular flexibility index (Phi) is 11.5. The molecular weight excluding hydrogens is 312 g/mol. The predicted octanol–water partition coefficient (Wildman–Crippen LogP) is 1.19. The van der Waals surface area contributed by atoms with Gasteiger partial charge in [0, 0.05) is 6.54 Å². The standard InChI is InChI=1S/C17H26N2O5/c1-19-17(20)5-6-21-7-8-22-9-10-23-11-12-24-16-4-2-3-15(13-16)14-18/h2-4,13H,1,5-12,14,18H2. The highest BCUT2D eigenvalue weighted by Gasteiger charge is 1.98. The van der Waals surface area contributed by atoms with Crippen LogP contribution in [-0.4, -0.2) is 58.9 Å². The van der Waals surface area contributed by atoms with E-state index in [1.54, 1.807) is 0 Å². The molecule has 0 bridgehead atoms. The molecule has 1 aromatic rings. The van der Waals surface area contributed by atoms with Crippen molar-refractivity contribution in [2.75, 3.05) is 46.2 Å². The van der Waals surface area contributed by atoms with Gasteiger partial charge >= 0.3 is 0 Å². The summed E-state index contributed by atoms with van der Waals surface area (Å²) in [4.78, 5) is 14.1. The predicted molar refractivity (Wildman–Crippen MR) is 91.5 cm³/mol. The summed E-state index contributed by atoms with van der Waals surface area (Å²) in [6.45, 7) is 6.81. The van der Waals surface area contributed by atoms with Gasteiger partial charge in [0.05, 0.1) is 46.1 Å².